The quantitative estimate of drug-likeness (QED) is 0.899. The van der Waals surface area contributed by atoms with Gasteiger partial charge in [-0.2, -0.15) is 0 Å². The molecule has 1 heterocycles. The highest BCUT2D eigenvalue weighted by atomic mass is 16.5. The minimum atomic E-state index is -0.406. The molecule has 1 aromatic carbocycles. The first kappa shape index (κ1) is 16.8. The van der Waals surface area contributed by atoms with E-state index in [0.717, 1.165) is 24.8 Å². The summed E-state index contributed by atoms with van der Waals surface area (Å²) in [6, 6.07) is 6.92. The molecule has 2 aliphatic rings. The highest BCUT2D eigenvalue weighted by Crippen LogP contribution is 2.35. The first-order chi connectivity index (χ1) is 11.1. The number of hydrogen-bond acceptors (Lipinski definition) is 3. The van der Waals surface area contributed by atoms with Crippen LogP contribution in [-0.4, -0.2) is 41.8 Å². The molecule has 3 atom stereocenters. The molecule has 1 saturated carbocycles. The van der Waals surface area contributed by atoms with Crippen molar-refractivity contribution in [3.8, 4) is 5.75 Å². The minimum Gasteiger partial charge on any atom is -0.491 e. The molecule has 0 radical (unpaired) electrons. The van der Waals surface area contributed by atoms with Gasteiger partial charge in [0.2, 0.25) is 0 Å². The van der Waals surface area contributed by atoms with Crippen molar-refractivity contribution in [1.29, 1.82) is 0 Å². The van der Waals surface area contributed by atoms with Gasteiger partial charge in [-0.05, 0) is 75.3 Å². The van der Waals surface area contributed by atoms with Gasteiger partial charge in [-0.1, -0.05) is 18.9 Å². The normalized spacial score (nSPS) is 26.6. The number of aliphatic hydroxyl groups is 1. The molecule has 23 heavy (non-hydrogen) atoms. The standard InChI is InChI=1S/C20H31NO2/c1-15-10-16(2)12-19(11-15)23-14-18(22)13-21-9-5-7-17-6-3-4-8-20(17)21/h10-12,17-18,20,22H,3-9,13-14H2,1-2H3. The Morgan fingerprint density at radius 1 is 1.09 bits per heavy atom. The van der Waals surface area contributed by atoms with Crippen LogP contribution in [0.1, 0.15) is 49.7 Å². The number of aryl methyl sites for hydroxylation is 2. The first-order valence-corrected chi connectivity index (χ1v) is 9.25. The SMILES string of the molecule is Cc1cc(C)cc(OCC(O)CN2CCCC3CCCCC32)c1. The molecule has 1 aliphatic carbocycles. The molecular weight excluding hydrogens is 286 g/mol. The van der Waals surface area contributed by atoms with Crippen molar-refractivity contribution in [3.63, 3.8) is 0 Å². The van der Waals surface area contributed by atoms with E-state index in [1.54, 1.807) is 0 Å². The summed E-state index contributed by atoms with van der Waals surface area (Å²) >= 11 is 0. The topological polar surface area (TPSA) is 32.7 Å². The van der Waals surface area contributed by atoms with Gasteiger partial charge in [0.25, 0.3) is 0 Å². The molecule has 3 unspecified atom stereocenters. The van der Waals surface area contributed by atoms with Gasteiger partial charge >= 0.3 is 0 Å². The van der Waals surface area contributed by atoms with Crippen LogP contribution in [0.25, 0.3) is 0 Å². The number of fused-ring (bicyclic) bond motifs is 1. The van der Waals surface area contributed by atoms with Gasteiger partial charge in [-0.15, -0.1) is 0 Å². The summed E-state index contributed by atoms with van der Waals surface area (Å²) in [6.07, 6.45) is 7.71. The van der Waals surface area contributed by atoms with Crippen LogP contribution in [0, 0.1) is 19.8 Å². The van der Waals surface area contributed by atoms with E-state index >= 15 is 0 Å². The van der Waals surface area contributed by atoms with Crippen molar-refractivity contribution in [3.05, 3.63) is 29.3 Å². The van der Waals surface area contributed by atoms with E-state index < -0.39 is 6.10 Å². The lowest BCUT2D eigenvalue weighted by Crippen LogP contribution is -2.50. The number of aliphatic hydroxyl groups excluding tert-OH is 1. The number of rotatable bonds is 5. The molecule has 128 valence electrons. The Labute approximate surface area is 140 Å². The number of ether oxygens (including phenoxy) is 1. The molecule has 1 N–H and O–H groups in total. The van der Waals surface area contributed by atoms with Crippen LogP contribution >= 0.6 is 0 Å². The Morgan fingerprint density at radius 3 is 2.57 bits per heavy atom. The average molecular weight is 317 g/mol. The largest absolute Gasteiger partial charge is 0.491 e. The molecule has 0 bridgehead atoms. The zero-order valence-electron chi connectivity index (χ0n) is 14.6. The lowest BCUT2D eigenvalue weighted by atomic mass is 9.78. The summed E-state index contributed by atoms with van der Waals surface area (Å²) < 4.78 is 5.83. The fourth-order valence-corrected chi connectivity index (χ4v) is 4.49. The van der Waals surface area contributed by atoms with Gasteiger partial charge in [0, 0.05) is 12.6 Å². The molecule has 1 saturated heterocycles. The zero-order chi connectivity index (χ0) is 16.2. The summed E-state index contributed by atoms with van der Waals surface area (Å²) in [5, 5.41) is 10.4. The third-order valence-corrected chi connectivity index (χ3v) is 5.44. The van der Waals surface area contributed by atoms with Gasteiger partial charge in [0.15, 0.2) is 0 Å². The van der Waals surface area contributed by atoms with E-state index in [9.17, 15) is 5.11 Å². The van der Waals surface area contributed by atoms with Crippen LogP contribution in [0.5, 0.6) is 5.75 Å². The maximum atomic E-state index is 10.4. The number of nitrogens with zero attached hydrogens (tertiary/aromatic N) is 1. The van der Waals surface area contributed by atoms with Crippen LogP contribution in [-0.2, 0) is 0 Å². The molecule has 0 aromatic heterocycles. The Bertz CT molecular complexity index is 494. The van der Waals surface area contributed by atoms with E-state index in [1.807, 2.05) is 12.1 Å². The second kappa shape index (κ2) is 7.67. The number of piperidine rings is 1. The summed E-state index contributed by atoms with van der Waals surface area (Å²) in [5.41, 5.74) is 2.41. The maximum Gasteiger partial charge on any atom is 0.119 e. The number of likely N-dealkylation sites (tertiary alicyclic amines) is 1. The second-order valence-corrected chi connectivity index (χ2v) is 7.54. The Kier molecular flexibility index (Phi) is 5.60. The van der Waals surface area contributed by atoms with Crippen molar-refractivity contribution in [2.45, 2.75) is 64.5 Å². The van der Waals surface area contributed by atoms with E-state index in [-0.39, 0.29) is 0 Å². The van der Waals surface area contributed by atoms with Crippen LogP contribution in [0.3, 0.4) is 0 Å². The third-order valence-electron chi connectivity index (χ3n) is 5.44. The number of benzene rings is 1. The van der Waals surface area contributed by atoms with Gasteiger partial charge < -0.3 is 9.84 Å². The van der Waals surface area contributed by atoms with Gasteiger partial charge in [0.1, 0.15) is 18.5 Å². The molecule has 2 fully saturated rings. The molecule has 1 aromatic rings. The monoisotopic (exact) mass is 317 g/mol. The van der Waals surface area contributed by atoms with Crippen LogP contribution in [0.15, 0.2) is 18.2 Å². The van der Waals surface area contributed by atoms with Gasteiger partial charge in [-0.3, -0.25) is 4.90 Å². The molecule has 3 nitrogen and oxygen atoms in total. The van der Waals surface area contributed by atoms with Crippen LogP contribution in [0.4, 0.5) is 0 Å². The predicted molar refractivity (Wildman–Crippen MR) is 94.0 cm³/mol. The zero-order valence-corrected chi connectivity index (χ0v) is 14.6. The Morgan fingerprint density at radius 2 is 1.78 bits per heavy atom. The molecule has 3 rings (SSSR count). The lowest BCUT2D eigenvalue weighted by Gasteiger charge is -2.44. The van der Waals surface area contributed by atoms with Gasteiger partial charge in [0.05, 0.1) is 0 Å². The molecule has 3 heteroatoms. The van der Waals surface area contributed by atoms with Crippen molar-refractivity contribution < 1.29 is 9.84 Å². The fourth-order valence-electron chi connectivity index (χ4n) is 4.49. The Hall–Kier alpha value is -1.06. The number of hydrogen-bond donors (Lipinski definition) is 1. The number of β-amino-alcohol motifs (C(OH)–C–C–N with tert-alkyl or cyclic N) is 1. The minimum absolute atomic E-state index is 0.386. The average Bonchev–Trinajstić information content (AvgIpc) is 2.52. The van der Waals surface area contributed by atoms with E-state index in [1.165, 1.54) is 49.7 Å². The Balaban J connectivity index is 1.51. The smallest absolute Gasteiger partial charge is 0.119 e. The lowest BCUT2D eigenvalue weighted by molar-refractivity contribution is 0.00653. The third kappa shape index (κ3) is 4.48. The highest BCUT2D eigenvalue weighted by Gasteiger charge is 2.33. The van der Waals surface area contributed by atoms with Crippen molar-refractivity contribution in [2.24, 2.45) is 5.92 Å². The van der Waals surface area contributed by atoms with Crippen molar-refractivity contribution in [2.75, 3.05) is 19.7 Å². The maximum absolute atomic E-state index is 10.4. The summed E-state index contributed by atoms with van der Waals surface area (Å²) in [6.45, 7) is 6.44. The van der Waals surface area contributed by atoms with Gasteiger partial charge in [-0.25, -0.2) is 0 Å². The second-order valence-electron chi connectivity index (χ2n) is 7.54. The predicted octanol–water partition coefficient (Wildman–Crippen LogP) is 3.70. The molecular formula is C20H31NO2. The summed E-state index contributed by atoms with van der Waals surface area (Å²) in [5.74, 6) is 1.74. The van der Waals surface area contributed by atoms with E-state index in [0.29, 0.717) is 12.6 Å². The fraction of sp³-hybridized carbons (Fsp3) is 0.700. The van der Waals surface area contributed by atoms with E-state index in [4.69, 9.17) is 4.74 Å². The highest BCUT2D eigenvalue weighted by molar-refractivity contribution is 5.32. The summed E-state index contributed by atoms with van der Waals surface area (Å²) in [7, 11) is 0. The molecule has 0 spiro atoms. The first-order valence-electron chi connectivity index (χ1n) is 9.25. The molecule has 1 aliphatic heterocycles. The van der Waals surface area contributed by atoms with E-state index in [2.05, 4.69) is 24.8 Å². The molecule has 0 amide bonds. The summed E-state index contributed by atoms with van der Waals surface area (Å²) in [4.78, 5) is 2.53. The van der Waals surface area contributed by atoms with Crippen LogP contribution in [0.2, 0.25) is 0 Å². The van der Waals surface area contributed by atoms with Crippen molar-refractivity contribution >= 4 is 0 Å². The van der Waals surface area contributed by atoms with Crippen molar-refractivity contribution in [1.82, 2.24) is 4.90 Å². The van der Waals surface area contributed by atoms with Crippen LogP contribution < -0.4 is 4.74 Å².